The Labute approximate surface area is 219 Å². The number of carbonyl (C=O) groups is 2. The van der Waals surface area contributed by atoms with Gasteiger partial charge in [0.2, 0.25) is 0 Å². The zero-order chi connectivity index (χ0) is 27.7. The van der Waals surface area contributed by atoms with E-state index in [0.29, 0.717) is 35.7 Å². The van der Waals surface area contributed by atoms with Crippen molar-refractivity contribution in [3.8, 4) is 0 Å². The van der Waals surface area contributed by atoms with Crippen LogP contribution in [-0.4, -0.2) is 36.5 Å². The number of nitrogens with one attached hydrogen (secondary N) is 1. The van der Waals surface area contributed by atoms with Gasteiger partial charge in [0.25, 0.3) is 11.6 Å². The largest absolute Gasteiger partial charge is 0.460 e. The van der Waals surface area contributed by atoms with Gasteiger partial charge in [-0.1, -0.05) is 6.58 Å². The molecule has 0 unspecified atom stereocenters. The van der Waals surface area contributed by atoms with E-state index in [9.17, 15) is 19.7 Å². The molecular formula is C27H28N6O5. The van der Waals surface area contributed by atoms with Crippen LogP contribution in [0.25, 0.3) is 0 Å². The van der Waals surface area contributed by atoms with Crippen LogP contribution in [0.3, 0.4) is 0 Å². The number of hydrogen-bond donors (Lipinski definition) is 2. The zero-order valence-electron chi connectivity index (χ0n) is 21.1. The van der Waals surface area contributed by atoms with Gasteiger partial charge in [-0.3, -0.25) is 14.9 Å². The van der Waals surface area contributed by atoms with E-state index in [-0.39, 0.29) is 23.5 Å². The van der Waals surface area contributed by atoms with Crippen LogP contribution in [0.5, 0.6) is 0 Å². The van der Waals surface area contributed by atoms with Crippen LogP contribution in [0.2, 0.25) is 0 Å². The van der Waals surface area contributed by atoms with Gasteiger partial charge in [-0.05, 0) is 74.5 Å². The average Bonchev–Trinajstić information content (AvgIpc) is 2.91. The van der Waals surface area contributed by atoms with Crippen LogP contribution >= 0.6 is 0 Å². The summed E-state index contributed by atoms with van der Waals surface area (Å²) in [6, 6.07) is 17.6. The molecule has 0 heterocycles. The van der Waals surface area contributed by atoms with Crippen molar-refractivity contribution < 1.29 is 19.2 Å². The van der Waals surface area contributed by atoms with Crippen LogP contribution in [0, 0.1) is 10.1 Å². The number of benzene rings is 3. The van der Waals surface area contributed by atoms with Gasteiger partial charge in [0.1, 0.15) is 6.61 Å². The van der Waals surface area contributed by atoms with Crippen molar-refractivity contribution in [1.82, 2.24) is 0 Å². The molecule has 3 aromatic rings. The van der Waals surface area contributed by atoms with Gasteiger partial charge in [-0.25, -0.2) is 4.79 Å². The number of nitrogens with zero attached hydrogens (tertiary/aromatic N) is 4. The van der Waals surface area contributed by atoms with E-state index in [1.165, 1.54) is 12.1 Å². The van der Waals surface area contributed by atoms with Crippen molar-refractivity contribution in [3.63, 3.8) is 0 Å². The van der Waals surface area contributed by atoms with Gasteiger partial charge in [0, 0.05) is 40.8 Å². The number of carbonyl (C=O) groups excluding carboxylic acids is 2. The third-order valence-electron chi connectivity index (χ3n) is 5.42. The molecule has 0 aromatic heterocycles. The number of esters is 1. The van der Waals surface area contributed by atoms with Crippen LogP contribution < -0.4 is 16.0 Å². The van der Waals surface area contributed by atoms with Crippen molar-refractivity contribution in [2.75, 3.05) is 35.6 Å². The zero-order valence-corrected chi connectivity index (χ0v) is 21.1. The third kappa shape index (κ3) is 7.47. The molecule has 0 aliphatic heterocycles. The molecule has 0 saturated carbocycles. The first-order chi connectivity index (χ1) is 18.2. The maximum Gasteiger partial charge on any atom is 0.333 e. The molecule has 0 atom stereocenters. The molecule has 196 valence electrons. The highest BCUT2D eigenvalue weighted by atomic mass is 16.6. The quantitative estimate of drug-likeness (QED) is 0.0816. The number of ether oxygens (including phenoxy) is 1. The minimum Gasteiger partial charge on any atom is -0.460 e. The number of nitrogen functional groups attached to an aromatic ring is 1. The molecule has 0 spiro atoms. The standard InChI is InChI=1S/C27H28N6O5/c1-4-32(15-16-38-27(35)18(2)3)23-12-10-22(11-13-23)30-31-24-14-5-19(17-25(24)33(36)37)26(34)29-21-8-6-20(28)7-9-21/h5-14,17H,2,4,15-16,28H2,1,3H3,(H,29,34)/b31-30+. The molecule has 3 rings (SSSR count). The summed E-state index contributed by atoms with van der Waals surface area (Å²) < 4.78 is 5.16. The van der Waals surface area contributed by atoms with E-state index in [2.05, 4.69) is 22.1 Å². The Balaban J connectivity index is 1.69. The maximum atomic E-state index is 12.6. The van der Waals surface area contributed by atoms with Crippen LogP contribution in [0.4, 0.5) is 34.1 Å². The smallest absolute Gasteiger partial charge is 0.333 e. The average molecular weight is 517 g/mol. The number of rotatable bonds is 11. The third-order valence-corrected chi connectivity index (χ3v) is 5.42. The second-order valence-corrected chi connectivity index (χ2v) is 8.25. The molecule has 0 saturated heterocycles. The summed E-state index contributed by atoms with van der Waals surface area (Å²) in [7, 11) is 0. The Morgan fingerprint density at radius 2 is 1.76 bits per heavy atom. The fourth-order valence-electron chi connectivity index (χ4n) is 3.35. The summed E-state index contributed by atoms with van der Waals surface area (Å²) in [4.78, 5) is 37.2. The number of azo groups is 1. The number of anilines is 3. The first-order valence-electron chi connectivity index (χ1n) is 11.7. The predicted octanol–water partition coefficient (Wildman–Crippen LogP) is 5.79. The van der Waals surface area contributed by atoms with Crippen LogP contribution in [-0.2, 0) is 9.53 Å². The minimum absolute atomic E-state index is 0.0117. The van der Waals surface area contributed by atoms with E-state index in [0.717, 1.165) is 11.8 Å². The molecule has 0 fully saturated rings. The van der Waals surface area contributed by atoms with Crippen LogP contribution in [0.15, 0.2) is 89.1 Å². The topological polar surface area (TPSA) is 153 Å². The Kier molecular flexibility index (Phi) is 9.25. The summed E-state index contributed by atoms with van der Waals surface area (Å²) in [5.74, 6) is -0.937. The lowest BCUT2D eigenvalue weighted by atomic mass is 10.1. The lowest BCUT2D eigenvalue weighted by molar-refractivity contribution is -0.384. The Bertz CT molecular complexity index is 1350. The second kappa shape index (κ2) is 12.8. The number of nitro groups is 1. The molecule has 38 heavy (non-hydrogen) atoms. The first kappa shape index (κ1) is 27.5. The van der Waals surface area contributed by atoms with Gasteiger partial charge in [0.15, 0.2) is 5.69 Å². The van der Waals surface area contributed by atoms with E-state index in [1.54, 1.807) is 43.3 Å². The summed E-state index contributed by atoms with van der Waals surface area (Å²) >= 11 is 0. The maximum absolute atomic E-state index is 12.6. The first-order valence-corrected chi connectivity index (χ1v) is 11.7. The van der Waals surface area contributed by atoms with Gasteiger partial charge in [-0.2, -0.15) is 5.11 Å². The number of amides is 1. The molecule has 3 N–H and O–H groups in total. The molecule has 0 radical (unpaired) electrons. The highest BCUT2D eigenvalue weighted by Gasteiger charge is 2.18. The Hall–Kier alpha value is -5.06. The fraction of sp³-hybridized carbons (Fsp3) is 0.185. The number of hydrogen-bond acceptors (Lipinski definition) is 9. The molecule has 11 nitrogen and oxygen atoms in total. The van der Waals surface area contributed by atoms with Crippen molar-refractivity contribution in [2.45, 2.75) is 13.8 Å². The van der Waals surface area contributed by atoms with E-state index in [1.807, 2.05) is 24.0 Å². The molecule has 11 heteroatoms. The highest BCUT2D eigenvalue weighted by molar-refractivity contribution is 6.05. The fourth-order valence-corrected chi connectivity index (χ4v) is 3.35. The lowest BCUT2D eigenvalue weighted by Crippen LogP contribution is -2.28. The van der Waals surface area contributed by atoms with Gasteiger partial charge >= 0.3 is 5.97 Å². The number of likely N-dealkylation sites (N-methyl/N-ethyl adjacent to an activating group) is 1. The van der Waals surface area contributed by atoms with Crippen molar-refractivity contribution >= 4 is 46.0 Å². The summed E-state index contributed by atoms with van der Waals surface area (Å²) in [6.07, 6.45) is 0. The van der Waals surface area contributed by atoms with E-state index < -0.39 is 16.8 Å². The molecule has 3 aromatic carbocycles. The molecule has 1 amide bonds. The SMILES string of the molecule is C=C(C)C(=O)OCCN(CC)c1ccc(/N=N/c2ccc(C(=O)Nc3ccc(N)cc3)cc2[N+](=O)[O-])cc1. The van der Waals surface area contributed by atoms with Crippen molar-refractivity contribution in [2.24, 2.45) is 10.2 Å². The van der Waals surface area contributed by atoms with Crippen LogP contribution in [0.1, 0.15) is 24.2 Å². The van der Waals surface area contributed by atoms with Crippen molar-refractivity contribution in [1.29, 1.82) is 0 Å². The van der Waals surface area contributed by atoms with Crippen molar-refractivity contribution in [3.05, 3.63) is 94.6 Å². The Morgan fingerprint density at radius 1 is 1.08 bits per heavy atom. The summed E-state index contributed by atoms with van der Waals surface area (Å²) in [6.45, 7) is 8.54. The Morgan fingerprint density at radius 3 is 2.37 bits per heavy atom. The monoisotopic (exact) mass is 516 g/mol. The predicted molar refractivity (Wildman–Crippen MR) is 146 cm³/mol. The highest BCUT2D eigenvalue weighted by Crippen LogP contribution is 2.31. The summed E-state index contributed by atoms with van der Waals surface area (Å²) in [5, 5.41) is 22.4. The van der Waals surface area contributed by atoms with Gasteiger partial charge < -0.3 is 20.7 Å². The van der Waals surface area contributed by atoms with Gasteiger partial charge in [0.05, 0.1) is 17.2 Å². The van der Waals surface area contributed by atoms with E-state index >= 15 is 0 Å². The summed E-state index contributed by atoms with van der Waals surface area (Å²) in [5.41, 5.74) is 8.18. The molecular weight excluding hydrogens is 488 g/mol. The minimum atomic E-state index is -0.614. The molecule has 0 bridgehead atoms. The number of nitrogens with two attached hydrogens (primary N) is 1. The number of nitro benzene ring substituents is 1. The molecule has 0 aliphatic carbocycles. The lowest BCUT2D eigenvalue weighted by Gasteiger charge is -2.22. The van der Waals surface area contributed by atoms with E-state index in [4.69, 9.17) is 10.5 Å². The second-order valence-electron chi connectivity index (χ2n) is 8.25. The normalized spacial score (nSPS) is 10.7. The molecule has 0 aliphatic rings. The van der Waals surface area contributed by atoms with Gasteiger partial charge in [-0.15, -0.1) is 5.11 Å².